The van der Waals surface area contributed by atoms with Crippen molar-refractivity contribution in [2.75, 3.05) is 13.2 Å². The predicted octanol–water partition coefficient (Wildman–Crippen LogP) is 1.43. The molecule has 25 heavy (non-hydrogen) atoms. The van der Waals surface area contributed by atoms with Crippen molar-refractivity contribution in [3.05, 3.63) is 23.8 Å². The lowest BCUT2D eigenvalue weighted by molar-refractivity contribution is -0.142. The van der Waals surface area contributed by atoms with E-state index in [1.807, 2.05) is 13.0 Å². The van der Waals surface area contributed by atoms with Crippen LogP contribution in [0.2, 0.25) is 0 Å². The molecular formula is C20H26O5. The van der Waals surface area contributed by atoms with Gasteiger partial charge in [-0.1, -0.05) is 25.5 Å². The molecule has 7 atom stereocenters. The van der Waals surface area contributed by atoms with Crippen LogP contribution in [-0.2, 0) is 14.3 Å². The fraction of sp³-hybridized carbons (Fsp3) is 0.700. The lowest BCUT2D eigenvalue weighted by Gasteiger charge is -2.57. The molecule has 5 heteroatoms. The summed E-state index contributed by atoms with van der Waals surface area (Å²) in [5.74, 6) is 0.192. The van der Waals surface area contributed by atoms with E-state index >= 15 is 0 Å². The summed E-state index contributed by atoms with van der Waals surface area (Å²) in [6, 6.07) is 0. The van der Waals surface area contributed by atoms with E-state index in [4.69, 9.17) is 4.74 Å². The fourth-order valence-corrected chi connectivity index (χ4v) is 6.25. The predicted molar refractivity (Wildman–Crippen MR) is 90.6 cm³/mol. The van der Waals surface area contributed by atoms with Crippen LogP contribution in [-0.4, -0.2) is 47.2 Å². The van der Waals surface area contributed by atoms with Gasteiger partial charge in [0.15, 0.2) is 11.6 Å². The van der Waals surface area contributed by atoms with Gasteiger partial charge < -0.3 is 14.9 Å². The molecule has 136 valence electrons. The molecule has 2 saturated carbocycles. The molecule has 5 nitrogen and oxygen atoms in total. The van der Waals surface area contributed by atoms with Crippen LogP contribution in [0.3, 0.4) is 0 Å². The molecule has 1 heterocycles. The van der Waals surface area contributed by atoms with Crippen molar-refractivity contribution < 1.29 is 24.5 Å². The number of hydrogen-bond acceptors (Lipinski definition) is 5. The first kappa shape index (κ1) is 17.1. The van der Waals surface area contributed by atoms with Crippen molar-refractivity contribution in [2.24, 2.45) is 28.6 Å². The molecule has 0 spiro atoms. The van der Waals surface area contributed by atoms with Gasteiger partial charge in [0.2, 0.25) is 0 Å². The van der Waals surface area contributed by atoms with Gasteiger partial charge in [-0.25, -0.2) is 0 Å². The molecule has 3 fully saturated rings. The Bertz CT molecular complexity index is 680. The summed E-state index contributed by atoms with van der Waals surface area (Å²) in [7, 11) is 0. The van der Waals surface area contributed by atoms with Crippen LogP contribution in [0.15, 0.2) is 23.8 Å². The Balaban J connectivity index is 1.71. The second-order valence-electron chi connectivity index (χ2n) is 8.64. The number of allylic oxidation sites excluding steroid dienone is 4. The number of carbonyl (C=O) groups excluding carboxylic acids is 2. The molecule has 3 aliphatic carbocycles. The van der Waals surface area contributed by atoms with Gasteiger partial charge in [-0.2, -0.15) is 0 Å². The van der Waals surface area contributed by atoms with Gasteiger partial charge in [0.25, 0.3) is 0 Å². The highest BCUT2D eigenvalue weighted by Crippen LogP contribution is 2.63. The van der Waals surface area contributed by atoms with Crippen LogP contribution in [0.1, 0.15) is 33.1 Å². The zero-order valence-electron chi connectivity index (χ0n) is 14.8. The maximum Gasteiger partial charge on any atom is 0.187 e. The molecule has 4 aliphatic rings. The molecule has 0 bridgehead atoms. The van der Waals surface area contributed by atoms with Crippen LogP contribution in [0.25, 0.3) is 0 Å². The third-order valence-corrected chi connectivity index (χ3v) is 7.42. The number of aliphatic hydroxyl groups is 2. The Morgan fingerprint density at radius 2 is 2.16 bits per heavy atom. The van der Waals surface area contributed by atoms with Crippen molar-refractivity contribution in [1.29, 1.82) is 0 Å². The van der Waals surface area contributed by atoms with Crippen molar-refractivity contribution in [3.63, 3.8) is 0 Å². The Morgan fingerprint density at radius 3 is 2.88 bits per heavy atom. The first-order valence-corrected chi connectivity index (χ1v) is 9.19. The molecule has 0 radical (unpaired) electrons. The number of Topliss-reactive ketones (excluding diaryl/α,β-unsaturated/α-hetero) is 1. The van der Waals surface area contributed by atoms with Gasteiger partial charge in [0.1, 0.15) is 12.7 Å². The standard InChI is InChI=1S/C20H26O5/c1-19-6-5-12(22)7-11(19)3-4-13-14-10-25-18(16(24)9-21)20(14,2)8-15(23)17(13)19/h5-7,13-15,17-18,21,23H,3-4,8-10H2,1-2H3/t13?,14?,15-,17?,18?,19?,20?/m0/s1. The summed E-state index contributed by atoms with van der Waals surface area (Å²) in [6.07, 6.45) is 6.36. The zero-order chi connectivity index (χ0) is 18.0. The van der Waals surface area contributed by atoms with Crippen LogP contribution >= 0.6 is 0 Å². The van der Waals surface area contributed by atoms with Crippen molar-refractivity contribution in [3.8, 4) is 0 Å². The van der Waals surface area contributed by atoms with Gasteiger partial charge >= 0.3 is 0 Å². The highest BCUT2D eigenvalue weighted by molar-refractivity contribution is 6.01. The van der Waals surface area contributed by atoms with Crippen LogP contribution in [0.4, 0.5) is 0 Å². The van der Waals surface area contributed by atoms with Gasteiger partial charge in [0, 0.05) is 16.7 Å². The summed E-state index contributed by atoms with van der Waals surface area (Å²) in [5, 5.41) is 20.4. The van der Waals surface area contributed by atoms with Gasteiger partial charge in [-0.05, 0) is 43.3 Å². The number of aliphatic hydroxyl groups excluding tert-OH is 2. The minimum absolute atomic E-state index is 0.0267. The average molecular weight is 346 g/mol. The second kappa shape index (κ2) is 5.60. The Kier molecular flexibility index (Phi) is 3.84. The molecule has 0 amide bonds. The number of carbonyl (C=O) groups is 2. The lowest BCUT2D eigenvalue weighted by Crippen LogP contribution is -2.57. The lowest BCUT2D eigenvalue weighted by atomic mass is 9.47. The highest BCUT2D eigenvalue weighted by Gasteiger charge is 2.63. The zero-order valence-corrected chi connectivity index (χ0v) is 14.8. The summed E-state index contributed by atoms with van der Waals surface area (Å²) >= 11 is 0. The Labute approximate surface area is 147 Å². The Hall–Kier alpha value is -1.30. The van der Waals surface area contributed by atoms with Gasteiger partial charge in [-0.15, -0.1) is 0 Å². The minimum atomic E-state index is -0.633. The SMILES string of the molecule is CC12C=CC(=O)C=C1CCC1C2[C@@H](O)CC2(C)C(C(=O)CO)OCC12. The first-order chi connectivity index (χ1) is 11.8. The summed E-state index contributed by atoms with van der Waals surface area (Å²) < 4.78 is 5.83. The van der Waals surface area contributed by atoms with Gasteiger partial charge in [-0.3, -0.25) is 9.59 Å². The van der Waals surface area contributed by atoms with Crippen LogP contribution in [0, 0.1) is 28.6 Å². The quantitative estimate of drug-likeness (QED) is 0.790. The first-order valence-electron chi connectivity index (χ1n) is 9.19. The number of hydrogen-bond donors (Lipinski definition) is 2. The molecular weight excluding hydrogens is 320 g/mol. The van der Waals surface area contributed by atoms with Crippen molar-refractivity contribution >= 4 is 11.6 Å². The van der Waals surface area contributed by atoms with E-state index in [-0.39, 0.29) is 34.7 Å². The molecule has 6 unspecified atom stereocenters. The third-order valence-electron chi connectivity index (χ3n) is 7.42. The fourth-order valence-electron chi connectivity index (χ4n) is 6.25. The van der Waals surface area contributed by atoms with Crippen molar-refractivity contribution in [2.45, 2.75) is 45.3 Å². The molecule has 0 aromatic carbocycles. The van der Waals surface area contributed by atoms with E-state index in [1.165, 1.54) is 0 Å². The average Bonchev–Trinajstić information content (AvgIpc) is 2.91. The summed E-state index contributed by atoms with van der Waals surface area (Å²) in [6.45, 7) is 4.12. The molecule has 2 N–H and O–H groups in total. The molecule has 1 saturated heterocycles. The largest absolute Gasteiger partial charge is 0.393 e. The smallest absolute Gasteiger partial charge is 0.187 e. The molecule has 1 aliphatic heterocycles. The number of ketones is 2. The molecule has 4 rings (SSSR count). The normalized spacial score (nSPS) is 48.4. The minimum Gasteiger partial charge on any atom is -0.393 e. The topological polar surface area (TPSA) is 83.8 Å². The summed E-state index contributed by atoms with van der Waals surface area (Å²) in [5.41, 5.74) is 0.369. The highest BCUT2D eigenvalue weighted by atomic mass is 16.5. The van der Waals surface area contributed by atoms with E-state index in [0.29, 0.717) is 13.0 Å². The molecule has 0 aromatic rings. The van der Waals surface area contributed by atoms with E-state index in [1.54, 1.807) is 12.2 Å². The number of rotatable bonds is 2. The Morgan fingerprint density at radius 1 is 1.40 bits per heavy atom. The molecule has 0 aromatic heterocycles. The maximum atomic E-state index is 12.2. The van der Waals surface area contributed by atoms with Crippen LogP contribution in [0.5, 0.6) is 0 Å². The van der Waals surface area contributed by atoms with E-state index in [0.717, 1.165) is 18.4 Å². The van der Waals surface area contributed by atoms with Crippen LogP contribution < -0.4 is 0 Å². The van der Waals surface area contributed by atoms with E-state index in [9.17, 15) is 19.8 Å². The van der Waals surface area contributed by atoms with E-state index < -0.39 is 24.2 Å². The van der Waals surface area contributed by atoms with Gasteiger partial charge in [0.05, 0.1) is 12.7 Å². The maximum absolute atomic E-state index is 12.2. The van der Waals surface area contributed by atoms with Crippen molar-refractivity contribution in [1.82, 2.24) is 0 Å². The monoisotopic (exact) mass is 346 g/mol. The second-order valence-corrected chi connectivity index (χ2v) is 8.64. The number of ether oxygens (including phenoxy) is 1. The third kappa shape index (κ3) is 2.25. The number of fused-ring (bicyclic) bond motifs is 5. The van der Waals surface area contributed by atoms with E-state index in [2.05, 4.69) is 6.92 Å². The summed E-state index contributed by atoms with van der Waals surface area (Å²) in [4.78, 5) is 23.9.